The highest BCUT2D eigenvalue weighted by Gasteiger charge is 2.25. The van der Waals surface area contributed by atoms with E-state index in [1.54, 1.807) is 6.20 Å². The fourth-order valence-electron chi connectivity index (χ4n) is 3.46. The smallest absolute Gasteiger partial charge is 0.242 e. The number of amides is 1. The molecular formula is C18H21N3O. The van der Waals surface area contributed by atoms with Crippen molar-refractivity contribution < 1.29 is 4.79 Å². The Morgan fingerprint density at radius 3 is 2.95 bits per heavy atom. The van der Waals surface area contributed by atoms with E-state index in [-0.39, 0.29) is 5.91 Å². The summed E-state index contributed by atoms with van der Waals surface area (Å²) in [6.07, 6.45) is 6.23. The molecule has 1 aliphatic rings. The van der Waals surface area contributed by atoms with Crippen molar-refractivity contribution in [2.45, 2.75) is 45.2 Å². The molecule has 2 heterocycles. The number of fused-ring (bicyclic) bond motifs is 1. The number of carbonyl (C=O) groups excluding carboxylic acids is 1. The number of benzene rings is 1. The minimum atomic E-state index is 0.164. The van der Waals surface area contributed by atoms with Gasteiger partial charge in [0, 0.05) is 29.7 Å². The zero-order valence-corrected chi connectivity index (χ0v) is 13.0. The summed E-state index contributed by atoms with van der Waals surface area (Å²) in [4.78, 5) is 14.7. The topological polar surface area (TPSA) is 49.0 Å². The number of piperidine rings is 1. The van der Waals surface area contributed by atoms with Crippen LogP contribution in [0.3, 0.4) is 0 Å². The van der Waals surface area contributed by atoms with Gasteiger partial charge in [-0.1, -0.05) is 25.1 Å². The fraction of sp³-hybridized carbons (Fsp3) is 0.444. The molecule has 4 nitrogen and oxygen atoms in total. The van der Waals surface area contributed by atoms with Crippen molar-refractivity contribution in [2.24, 2.45) is 0 Å². The number of rotatable bonds is 3. The Kier molecular flexibility index (Phi) is 4.15. The molecule has 1 amide bonds. The zero-order valence-electron chi connectivity index (χ0n) is 13.0. The molecule has 4 heteroatoms. The van der Waals surface area contributed by atoms with Crippen LogP contribution in [0.1, 0.15) is 38.2 Å². The number of nitrogens with zero attached hydrogens (tertiary/aromatic N) is 3. The third kappa shape index (κ3) is 2.59. The van der Waals surface area contributed by atoms with Gasteiger partial charge in [-0.15, -0.1) is 0 Å². The molecule has 0 radical (unpaired) electrons. The number of hydrogen-bond acceptors (Lipinski definition) is 2. The second-order valence-electron chi connectivity index (χ2n) is 5.94. The van der Waals surface area contributed by atoms with Gasteiger partial charge >= 0.3 is 0 Å². The third-order valence-electron chi connectivity index (χ3n) is 4.63. The molecule has 1 aromatic heterocycles. The van der Waals surface area contributed by atoms with Crippen molar-refractivity contribution in [3.8, 4) is 6.07 Å². The van der Waals surface area contributed by atoms with E-state index in [2.05, 4.69) is 13.0 Å². The number of hydrogen-bond donors (Lipinski definition) is 0. The van der Waals surface area contributed by atoms with Crippen LogP contribution < -0.4 is 0 Å². The number of para-hydroxylation sites is 1. The van der Waals surface area contributed by atoms with E-state index in [1.807, 2.05) is 33.7 Å². The first-order valence-electron chi connectivity index (χ1n) is 8.02. The second kappa shape index (κ2) is 6.23. The lowest BCUT2D eigenvalue weighted by Gasteiger charge is -2.35. The Hall–Kier alpha value is -2.28. The summed E-state index contributed by atoms with van der Waals surface area (Å²) in [6.45, 7) is 3.33. The van der Waals surface area contributed by atoms with E-state index in [1.165, 1.54) is 6.42 Å². The Balaban J connectivity index is 1.87. The molecule has 22 heavy (non-hydrogen) atoms. The van der Waals surface area contributed by atoms with Crippen LogP contribution in [-0.4, -0.2) is 28.0 Å². The molecule has 1 saturated heterocycles. The van der Waals surface area contributed by atoms with Gasteiger partial charge in [-0.3, -0.25) is 4.79 Å². The highest BCUT2D eigenvalue weighted by Crippen LogP contribution is 2.23. The SMILES string of the molecule is CC[C@H]1CCCCN1C(=O)Cn1cc(C#N)c2ccccc21. The molecule has 0 unspecified atom stereocenters. The fourth-order valence-corrected chi connectivity index (χ4v) is 3.46. The van der Waals surface area contributed by atoms with Gasteiger partial charge in [-0.25, -0.2) is 0 Å². The van der Waals surface area contributed by atoms with E-state index in [9.17, 15) is 10.1 Å². The molecule has 0 spiro atoms. The molecule has 1 fully saturated rings. The van der Waals surface area contributed by atoms with Gasteiger partial charge in [-0.2, -0.15) is 5.26 Å². The third-order valence-corrected chi connectivity index (χ3v) is 4.63. The Morgan fingerprint density at radius 2 is 2.18 bits per heavy atom. The van der Waals surface area contributed by atoms with Crippen LogP contribution in [0.2, 0.25) is 0 Å². The van der Waals surface area contributed by atoms with Crippen LogP contribution >= 0.6 is 0 Å². The maximum absolute atomic E-state index is 12.7. The van der Waals surface area contributed by atoms with E-state index >= 15 is 0 Å². The van der Waals surface area contributed by atoms with E-state index < -0.39 is 0 Å². The summed E-state index contributed by atoms with van der Waals surface area (Å²) in [6, 6.07) is 10.4. The zero-order chi connectivity index (χ0) is 15.5. The summed E-state index contributed by atoms with van der Waals surface area (Å²) in [5, 5.41) is 10.2. The lowest BCUT2D eigenvalue weighted by atomic mass is 10.00. The first-order chi connectivity index (χ1) is 10.7. The Labute approximate surface area is 130 Å². The van der Waals surface area contributed by atoms with Gasteiger partial charge in [-0.05, 0) is 31.7 Å². The van der Waals surface area contributed by atoms with Gasteiger partial charge < -0.3 is 9.47 Å². The van der Waals surface area contributed by atoms with Gasteiger partial charge in [0.15, 0.2) is 0 Å². The maximum Gasteiger partial charge on any atom is 0.242 e. The van der Waals surface area contributed by atoms with Crippen molar-refractivity contribution in [1.82, 2.24) is 9.47 Å². The van der Waals surface area contributed by atoms with E-state index in [4.69, 9.17) is 0 Å². The van der Waals surface area contributed by atoms with E-state index in [0.717, 1.165) is 36.7 Å². The lowest BCUT2D eigenvalue weighted by Crippen LogP contribution is -2.44. The van der Waals surface area contributed by atoms with Crippen molar-refractivity contribution in [3.63, 3.8) is 0 Å². The second-order valence-corrected chi connectivity index (χ2v) is 5.94. The van der Waals surface area contributed by atoms with Gasteiger partial charge in [0.1, 0.15) is 12.6 Å². The monoisotopic (exact) mass is 295 g/mol. The average Bonchev–Trinajstić information content (AvgIpc) is 2.93. The quantitative estimate of drug-likeness (QED) is 0.872. The first-order valence-corrected chi connectivity index (χ1v) is 8.02. The summed E-state index contributed by atoms with van der Waals surface area (Å²) in [5.74, 6) is 0.164. The molecule has 2 aromatic rings. The highest BCUT2D eigenvalue weighted by molar-refractivity contribution is 5.88. The van der Waals surface area contributed by atoms with Crippen molar-refractivity contribution in [1.29, 1.82) is 5.26 Å². The first kappa shape index (κ1) is 14.6. The molecule has 3 rings (SSSR count). The summed E-state index contributed by atoms with van der Waals surface area (Å²) < 4.78 is 1.91. The van der Waals surface area contributed by atoms with Crippen LogP contribution in [0.25, 0.3) is 10.9 Å². The van der Waals surface area contributed by atoms with E-state index in [0.29, 0.717) is 18.2 Å². The van der Waals surface area contributed by atoms with Gasteiger partial charge in [0.25, 0.3) is 0 Å². The predicted molar refractivity (Wildman–Crippen MR) is 86.3 cm³/mol. The minimum Gasteiger partial charge on any atom is -0.338 e. The Morgan fingerprint density at radius 1 is 1.36 bits per heavy atom. The van der Waals surface area contributed by atoms with Gasteiger partial charge in [0.2, 0.25) is 5.91 Å². The summed E-state index contributed by atoms with van der Waals surface area (Å²) in [7, 11) is 0. The van der Waals surface area contributed by atoms with Crippen molar-refractivity contribution in [3.05, 3.63) is 36.0 Å². The average molecular weight is 295 g/mol. The molecule has 0 saturated carbocycles. The minimum absolute atomic E-state index is 0.164. The van der Waals surface area contributed by atoms with Crippen molar-refractivity contribution >= 4 is 16.8 Å². The van der Waals surface area contributed by atoms with Crippen LogP contribution in [0.4, 0.5) is 0 Å². The molecule has 1 aromatic carbocycles. The number of carbonyl (C=O) groups is 1. The van der Waals surface area contributed by atoms with Gasteiger partial charge in [0.05, 0.1) is 5.56 Å². The largest absolute Gasteiger partial charge is 0.338 e. The Bertz CT molecular complexity index is 725. The predicted octanol–water partition coefficient (Wildman–Crippen LogP) is 3.30. The maximum atomic E-state index is 12.7. The normalized spacial score (nSPS) is 18.4. The van der Waals surface area contributed by atoms with Crippen LogP contribution in [0.15, 0.2) is 30.5 Å². The molecule has 1 aliphatic heterocycles. The van der Waals surface area contributed by atoms with Crippen LogP contribution in [0, 0.1) is 11.3 Å². The van der Waals surface area contributed by atoms with Crippen LogP contribution in [-0.2, 0) is 11.3 Å². The molecular weight excluding hydrogens is 274 g/mol. The number of likely N-dealkylation sites (tertiary alicyclic amines) is 1. The number of nitriles is 1. The molecule has 0 bridgehead atoms. The molecule has 0 N–H and O–H groups in total. The summed E-state index contributed by atoms with van der Waals surface area (Å²) >= 11 is 0. The number of aromatic nitrogens is 1. The molecule has 114 valence electrons. The highest BCUT2D eigenvalue weighted by atomic mass is 16.2. The van der Waals surface area contributed by atoms with Crippen molar-refractivity contribution in [2.75, 3.05) is 6.54 Å². The lowest BCUT2D eigenvalue weighted by molar-refractivity contribution is -0.135. The molecule has 1 atom stereocenters. The standard InChI is InChI=1S/C18H21N3O/c1-2-15-7-5-6-10-21(15)18(22)13-20-12-14(11-19)16-8-3-4-9-17(16)20/h3-4,8-9,12,15H,2,5-7,10,13H2,1H3/t15-/m0/s1. The molecule has 0 aliphatic carbocycles. The van der Waals surface area contributed by atoms with Crippen LogP contribution in [0.5, 0.6) is 0 Å². The summed E-state index contributed by atoms with van der Waals surface area (Å²) in [5.41, 5.74) is 1.59.